The highest BCUT2D eigenvalue weighted by Crippen LogP contribution is 2.46. The first-order chi connectivity index (χ1) is 24.3. The molecule has 0 aliphatic carbocycles. The van der Waals surface area contributed by atoms with Gasteiger partial charge < -0.3 is 9.73 Å². The minimum Gasteiger partial charge on any atom is -0.440 e. The number of hydrogen-bond donors (Lipinski definition) is 1. The molecule has 2 aromatic heterocycles. The standard InChI is InChI=1S/C44H28N4O/c1-3-13-27(14-4-1)41-46-42(28-15-5-2-6-16-28)48-43(47-41)37-26-38(35-24-31-19-9-10-20-32(31)33-21-11-12-22-34(33)35)45-44-40(37)36-23-29-17-7-8-18-30(29)25-39(36)49-44/h1-26,38,45H. The van der Waals surface area contributed by atoms with Crippen molar-refractivity contribution in [3.8, 4) is 22.8 Å². The van der Waals surface area contributed by atoms with Crippen molar-refractivity contribution in [2.24, 2.45) is 0 Å². The van der Waals surface area contributed by atoms with E-state index in [0.29, 0.717) is 23.4 Å². The maximum absolute atomic E-state index is 6.71. The Bertz CT molecular complexity index is 2690. The lowest BCUT2D eigenvalue weighted by Crippen LogP contribution is -2.16. The number of fused-ring (bicyclic) bond motifs is 7. The van der Waals surface area contributed by atoms with Crippen molar-refractivity contribution < 1.29 is 4.42 Å². The zero-order valence-corrected chi connectivity index (χ0v) is 26.3. The largest absolute Gasteiger partial charge is 0.440 e. The molecule has 230 valence electrons. The van der Waals surface area contributed by atoms with Gasteiger partial charge in [-0.05, 0) is 62.2 Å². The third kappa shape index (κ3) is 4.59. The summed E-state index contributed by atoms with van der Waals surface area (Å²) in [6.07, 6.45) is 2.27. The first kappa shape index (κ1) is 27.5. The fourth-order valence-corrected chi connectivity index (χ4v) is 7.21. The van der Waals surface area contributed by atoms with Crippen LogP contribution >= 0.6 is 0 Å². The van der Waals surface area contributed by atoms with Crippen LogP contribution in [0.15, 0.2) is 162 Å². The molecule has 1 unspecified atom stereocenters. The van der Waals surface area contributed by atoms with E-state index in [0.717, 1.165) is 49.6 Å². The lowest BCUT2D eigenvalue weighted by molar-refractivity contribution is 0.619. The molecular weight excluding hydrogens is 601 g/mol. The van der Waals surface area contributed by atoms with Crippen molar-refractivity contribution >= 4 is 54.7 Å². The fourth-order valence-electron chi connectivity index (χ4n) is 7.21. The molecule has 1 aliphatic rings. The zero-order chi connectivity index (χ0) is 32.3. The van der Waals surface area contributed by atoms with Crippen molar-refractivity contribution in [3.63, 3.8) is 0 Å². The number of rotatable bonds is 4. The van der Waals surface area contributed by atoms with E-state index in [-0.39, 0.29) is 6.04 Å². The summed E-state index contributed by atoms with van der Waals surface area (Å²) in [5.74, 6) is 2.54. The number of furan rings is 1. The molecule has 0 fully saturated rings. The lowest BCUT2D eigenvalue weighted by atomic mass is 9.89. The van der Waals surface area contributed by atoms with E-state index in [1.165, 1.54) is 21.5 Å². The molecule has 1 aliphatic heterocycles. The zero-order valence-electron chi connectivity index (χ0n) is 26.3. The van der Waals surface area contributed by atoms with Crippen molar-refractivity contribution in [1.29, 1.82) is 0 Å². The second-order valence-corrected chi connectivity index (χ2v) is 12.5. The molecule has 0 bridgehead atoms. The second kappa shape index (κ2) is 11.0. The molecule has 1 N–H and O–H groups in total. The molecular formula is C44H28N4O. The highest BCUT2D eigenvalue weighted by atomic mass is 16.4. The Morgan fingerprint density at radius 3 is 1.71 bits per heavy atom. The summed E-state index contributed by atoms with van der Waals surface area (Å²) in [4.78, 5) is 15.3. The number of nitrogens with one attached hydrogen (secondary N) is 1. The van der Waals surface area contributed by atoms with Gasteiger partial charge in [0.05, 0.1) is 11.6 Å². The van der Waals surface area contributed by atoms with Gasteiger partial charge in [-0.25, -0.2) is 15.0 Å². The Morgan fingerprint density at radius 2 is 1.02 bits per heavy atom. The molecule has 0 radical (unpaired) electrons. The molecule has 5 nitrogen and oxygen atoms in total. The van der Waals surface area contributed by atoms with E-state index in [1.807, 2.05) is 60.7 Å². The molecule has 1 atom stereocenters. The van der Waals surface area contributed by atoms with Gasteiger partial charge in [-0.15, -0.1) is 0 Å². The highest BCUT2D eigenvalue weighted by molar-refractivity contribution is 6.10. The Hall–Kier alpha value is -6.59. The molecule has 7 aromatic carbocycles. The van der Waals surface area contributed by atoms with Crippen LogP contribution in [0.4, 0.5) is 5.88 Å². The maximum Gasteiger partial charge on any atom is 0.202 e. The molecule has 5 heteroatoms. The third-order valence-electron chi connectivity index (χ3n) is 9.52. The maximum atomic E-state index is 6.71. The summed E-state index contributed by atoms with van der Waals surface area (Å²) in [7, 11) is 0. The Morgan fingerprint density at radius 1 is 0.469 bits per heavy atom. The van der Waals surface area contributed by atoms with Gasteiger partial charge in [-0.3, -0.25) is 0 Å². The summed E-state index contributed by atoms with van der Waals surface area (Å²) in [5, 5.41) is 11.9. The van der Waals surface area contributed by atoms with Crippen LogP contribution in [0.25, 0.3) is 71.6 Å². The number of benzene rings is 7. The Balaban J connectivity index is 1.27. The van der Waals surface area contributed by atoms with Gasteiger partial charge in [0.15, 0.2) is 17.5 Å². The van der Waals surface area contributed by atoms with Gasteiger partial charge in [-0.2, -0.15) is 0 Å². The van der Waals surface area contributed by atoms with Crippen LogP contribution in [0.5, 0.6) is 0 Å². The molecule has 0 saturated heterocycles. The van der Waals surface area contributed by atoms with Crippen LogP contribution in [-0.4, -0.2) is 15.0 Å². The Labute approximate surface area is 282 Å². The molecule has 0 amide bonds. The highest BCUT2D eigenvalue weighted by Gasteiger charge is 2.30. The average Bonchev–Trinajstić information content (AvgIpc) is 3.54. The predicted octanol–water partition coefficient (Wildman–Crippen LogP) is 11.0. The van der Waals surface area contributed by atoms with Crippen LogP contribution in [0, 0.1) is 0 Å². The number of nitrogens with zero attached hydrogens (tertiary/aromatic N) is 3. The number of anilines is 1. The summed E-state index contributed by atoms with van der Waals surface area (Å²) in [5.41, 5.74) is 5.68. The van der Waals surface area contributed by atoms with E-state index in [9.17, 15) is 0 Å². The smallest absolute Gasteiger partial charge is 0.202 e. The molecule has 10 rings (SSSR count). The number of aromatic nitrogens is 3. The van der Waals surface area contributed by atoms with E-state index in [1.54, 1.807) is 0 Å². The topological polar surface area (TPSA) is 63.8 Å². The van der Waals surface area contributed by atoms with E-state index in [2.05, 4.69) is 102 Å². The summed E-state index contributed by atoms with van der Waals surface area (Å²) in [6, 6.07) is 52.2. The Kier molecular flexibility index (Phi) is 6.18. The van der Waals surface area contributed by atoms with Gasteiger partial charge >= 0.3 is 0 Å². The second-order valence-electron chi connectivity index (χ2n) is 12.5. The minimum atomic E-state index is -0.218. The van der Waals surface area contributed by atoms with Crippen LogP contribution in [0.1, 0.15) is 23.0 Å². The fraction of sp³-hybridized carbons (Fsp3) is 0.0227. The summed E-state index contributed by atoms with van der Waals surface area (Å²) >= 11 is 0. The quantitative estimate of drug-likeness (QED) is 0.197. The molecule has 49 heavy (non-hydrogen) atoms. The molecule has 0 saturated carbocycles. The first-order valence-electron chi connectivity index (χ1n) is 16.5. The van der Waals surface area contributed by atoms with Crippen molar-refractivity contribution in [2.75, 3.05) is 5.32 Å². The first-order valence-corrected chi connectivity index (χ1v) is 16.5. The molecule has 3 heterocycles. The summed E-state index contributed by atoms with van der Waals surface area (Å²) < 4.78 is 6.71. The van der Waals surface area contributed by atoms with Crippen molar-refractivity contribution in [3.05, 3.63) is 175 Å². The van der Waals surface area contributed by atoms with Crippen LogP contribution in [0.3, 0.4) is 0 Å². The van der Waals surface area contributed by atoms with Gasteiger partial charge in [-0.1, -0.05) is 133 Å². The monoisotopic (exact) mass is 628 g/mol. The minimum absolute atomic E-state index is 0.218. The van der Waals surface area contributed by atoms with Gasteiger partial charge in [0.25, 0.3) is 0 Å². The van der Waals surface area contributed by atoms with Crippen LogP contribution < -0.4 is 5.32 Å². The van der Waals surface area contributed by atoms with Gasteiger partial charge in [0, 0.05) is 22.1 Å². The van der Waals surface area contributed by atoms with E-state index in [4.69, 9.17) is 19.4 Å². The molecule has 0 spiro atoms. The number of hydrogen-bond acceptors (Lipinski definition) is 5. The predicted molar refractivity (Wildman–Crippen MR) is 199 cm³/mol. The van der Waals surface area contributed by atoms with Crippen molar-refractivity contribution in [1.82, 2.24) is 15.0 Å². The summed E-state index contributed by atoms with van der Waals surface area (Å²) in [6.45, 7) is 0. The molecule has 9 aromatic rings. The third-order valence-corrected chi connectivity index (χ3v) is 9.52. The normalized spacial score (nSPS) is 14.2. The average molecular weight is 629 g/mol. The van der Waals surface area contributed by atoms with Gasteiger partial charge in [0.1, 0.15) is 5.58 Å². The van der Waals surface area contributed by atoms with Crippen molar-refractivity contribution in [2.45, 2.75) is 6.04 Å². The SMILES string of the molecule is C1=C(c2nc(-c3ccccc3)nc(-c3ccccc3)n2)c2c(oc3cc4ccccc4cc23)NC1c1cc2ccccc2c2ccccc12. The lowest BCUT2D eigenvalue weighted by Gasteiger charge is -2.25. The van der Waals surface area contributed by atoms with Crippen LogP contribution in [-0.2, 0) is 0 Å². The van der Waals surface area contributed by atoms with E-state index < -0.39 is 0 Å². The van der Waals surface area contributed by atoms with E-state index >= 15 is 0 Å². The van der Waals surface area contributed by atoms with Gasteiger partial charge in [0.2, 0.25) is 5.88 Å². The van der Waals surface area contributed by atoms with Crippen LogP contribution in [0.2, 0.25) is 0 Å².